The van der Waals surface area contributed by atoms with Crippen LogP contribution >= 0.6 is 11.6 Å². The van der Waals surface area contributed by atoms with Gasteiger partial charge in [-0.15, -0.1) is 13.2 Å². The quantitative estimate of drug-likeness (QED) is 0.467. The van der Waals surface area contributed by atoms with E-state index in [4.69, 9.17) is 22.1 Å². The molecule has 0 spiro atoms. The van der Waals surface area contributed by atoms with Crippen molar-refractivity contribution in [2.75, 3.05) is 0 Å². The predicted octanol–water partition coefficient (Wildman–Crippen LogP) is 5.93. The number of ether oxygens (including phenoxy) is 2. The first-order valence-electron chi connectivity index (χ1n) is 11.7. The third kappa shape index (κ3) is 5.51. The monoisotopic (exact) mass is 512 g/mol. The molecule has 5 rings (SSSR count). The van der Waals surface area contributed by atoms with E-state index in [1.54, 1.807) is 6.07 Å². The van der Waals surface area contributed by atoms with E-state index in [0.29, 0.717) is 25.3 Å². The Morgan fingerprint density at radius 1 is 1.03 bits per heavy atom. The van der Waals surface area contributed by atoms with Crippen LogP contribution in [0.5, 0.6) is 11.5 Å². The van der Waals surface area contributed by atoms with Gasteiger partial charge in [0, 0.05) is 29.7 Å². The van der Waals surface area contributed by atoms with E-state index in [2.05, 4.69) is 9.64 Å². The van der Waals surface area contributed by atoms with Crippen molar-refractivity contribution in [3.63, 3.8) is 0 Å². The summed E-state index contributed by atoms with van der Waals surface area (Å²) in [5, 5.41) is 0.0937. The summed E-state index contributed by atoms with van der Waals surface area (Å²) in [6.07, 6.45) is 0.335. The van der Waals surface area contributed by atoms with Gasteiger partial charge in [-0.25, -0.2) is 4.39 Å². The Morgan fingerprint density at radius 3 is 2.29 bits per heavy atom. The number of carbonyl (C=O) groups excluding carboxylic acids is 1. The van der Waals surface area contributed by atoms with E-state index in [0.717, 1.165) is 42.9 Å². The highest BCUT2D eigenvalue weighted by molar-refractivity contribution is 6.30. The zero-order valence-corrected chi connectivity index (χ0v) is 19.5. The van der Waals surface area contributed by atoms with Crippen LogP contribution in [-0.2, 0) is 6.54 Å². The summed E-state index contributed by atoms with van der Waals surface area (Å²) in [5.74, 6) is -1.22. The van der Waals surface area contributed by atoms with Crippen molar-refractivity contribution in [3.05, 3.63) is 57.9 Å². The van der Waals surface area contributed by atoms with Crippen molar-refractivity contribution >= 4 is 17.5 Å². The summed E-state index contributed by atoms with van der Waals surface area (Å²) in [6.45, 7) is 0.574. The summed E-state index contributed by atoms with van der Waals surface area (Å²) in [4.78, 5) is 14.0. The number of primary amides is 1. The van der Waals surface area contributed by atoms with Crippen LogP contribution in [0.15, 0.2) is 30.3 Å². The Bertz CT molecular complexity index is 1120. The molecule has 2 heterocycles. The largest absolute Gasteiger partial charge is 0.573 e. The molecule has 0 radical (unpaired) electrons. The highest BCUT2D eigenvalue weighted by Crippen LogP contribution is 2.45. The molecule has 2 aromatic carbocycles. The minimum absolute atomic E-state index is 0.0684. The lowest BCUT2D eigenvalue weighted by Crippen LogP contribution is -2.45. The second kappa shape index (κ2) is 9.17. The molecule has 2 aromatic rings. The van der Waals surface area contributed by atoms with E-state index in [1.165, 1.54) is 18.2 Å². The van der Waals surface area contributed by atoms with E-state index in [-0.39, 0.29) is 34.5 Å². The second-order valence-corrected chi connectivity index (χ2v) is 10.0. The van der Waals surface area contributed by atoms with Crippen LogP contribution in [-0.4, -0.2) is 35.4 Å². The smallest absolute Gasteiger partial charge is 0.490 e. The number of nitrogens with zero attached hydrogens (tertiary/aromatic N) is 1. The molecule has 35 heavy (non-hydrogen) atoms. The molecule has 1 aliphatic carbocycles. The van der Waals surface area contributed by atoms with Gasteiger partial charge in [0.15, 0.2) is 0 Å². The highest BCUT2D eigenvalue weighted by atomic mass is 35.5. The maximum atomic E-state index is 14.6. The molecule has 5 nitrogen and oxygen atoms in total. The van der Waals surface area contributed by atoms with Gasteiger partial charge in [-0.1, -0.05) is 11.6 Å². The average molecular weight is 513 g/mol. The Labute approximate surface area is 205 Å². The Balaban J connectivity index is 1.29. The lowest BCUT2D eigenvalue weighted by atomic mass is 9.95. The number of fused-ring (bicyclic) bond motifs is 2. The average Bonchev–Trinajstić information content (AvgIpc) is 3.53. The molecule has 0 aromatic heterocycles. The van der Waals surface area contributed by atoms with Crippen LogP contribution in [0.25, 0.3) is 0 Å². The summed E-state index contributed by atoms with van der Waals surface area (Å²) in [6, 6.07) is 7.23. The van der Waals surface area contributed by atoms with E-state index >= 15 is 0 Å². The van der Waals surface area contributed by atoms with Gasteiger partial charge in [-0.05, 0) is 79.8 Å². The van der Waals surface area contributed by atoms with Gasteiger partial charge in [-0.3, -0.25) is 9.69 Å². The zero-order chi connectivity index (χ0) is 24.9. The number of amides is 1. The molecule has 3 atom stereocenters. The maximum absolute atomic E-state index is 14.6. The molecular weight excluding hydrogens is 488 g/mol. The molecule has 2 aliphatic heterocycles. The van der Waals surface area contributed by atoms with Crippen molar-refractivity contribution in [1.29, 1.82) is 0 Å². The molecule has 1 saturated carbocycles. The molecule has 3 fully saturated rings. The van der Waals surface area contributed by atoms with Crippen LogP contribution in [0, 0.1) is 5.82 Å². The molecule has 0 unspecified atom stereocenters. The first kappa shape index (κ1) is 24.2. The lowest BCUT2D eigenvalue weighted by Gasteiger charge is -2.39. The number of piperidine rings is 1. The third-order valence-corrected chi connectivity index (χ3v) is 7.30. The number of hydrogen-bond donors (Lipinski definition) is 1. The molecule has 2 saturated heterocycles. The van der Waals surface area contributed by atoms with Gasteiger partial charge < -0.3 is 15.2 Å². The number of hydrogen-bond acceptors (Lipinski definition) is 4. The first-order chi connectivity index (χ1) is 16.6. The summed E-state index contributed by atoms with van der Waals surface area (Å²) in [7, 11) is 0. The fraction of sp³-hybridized carbons (Fsp3) is 0.480. The molecule has 188 valence electrons. The van der Waals surface area contributed by atoms with Crippen LogP contribution < -0.4 is 15.2 Å². The van der Waals surface area contributed by atoms with E-state index in [1.807, 2.05) is 0 Å². The van der Waals surface area contributed by atoms with Gasteiger partial charge >= 0.3 is 6.36 Å². The first-order valence-corrected chi connectivity index (χ1v) is 12.0. The van der Waals surface area contributed by atoms with Crippen molar-refractivity contribution in [3.8, 4) is 11.5 Å². The summed E-state index contributed by atoms with van der Waals surface area (Å²) < 4.78 is 62.4. The van der Waals surface area contributed by atoms with Gasteiger partial charge in [0.25, 0.3) is 5.91 Å². The zero-order valence-electron chi connectivity index (χ0n) is 18.8. The van der Waals surface area contributed by atoms with Crippen molar-refractivity contribution in [2.24, 2.45) is 5.73 Å². The number of benzene rings is 2. The van der Waals surface area contributed by atoms with Crippen molar-refractivity contribution in [2.45, 2.75) is 75.5 Å². The Hall–Kier alpha value is -2.52. The third-order valence-electron chi connectivity index (χ3n) is 7.09. The standard InChI is InChI=1S/C25H25ClF4N2O3/c26-15-6-18(10-20(7-15)35-25(28,29)30)34-19-8-16-3-4-17(9-19)32(16)12-14-5-23(27)22(24(31)33)11-21(14)13-1-2-13/h5-7,10-11,13,16-17,19H,1-4,8-9,12H2,(H2,31,33)/t16-,17+,19+. The minimum Gasteiger partial charge on any atom is -0.490 e. The van der Waals surface area contributed by atoms with Crippen LogP contribution in [0.4, 0.5) is 17.6 Å². The van der Waals surface area contributed by atoms with Crippen LogP contribution in [0.2, 0.25) is 5.02 Å². The van der Waals surface area contributed by atoms with Crippen molar-refractivity contribution < 1.29 is 31.8 Å². The predicted molar refractivity (Wildman–Crippen MR) is 121 cm³/mol. The number of carbonyl (C=O) groups is 1. The minimum atomic E-state index is -4.82. The summed E-state index contributed by atoms with van der Waals surface area (Å²) >= 11 is 5.97. The Kier molecular flexibility index (Phi) is 6.34. The van der Waals surface area contributed by atoms with Gasteiger partial charge in [0.1, 0.15) is 23.4 Å². The normalized spacial score (nSPS) is 24.4. The van der Waals surface area contributed by atoms with Crippen LogP contribution in [0.1, 0.15) is 65.9 Å². The highest BCUT2D eigenvalue weighted by Gasteiger charge is 2.42. The van der Waals surface area contributed by atoms with Gasteiger partial charge in [-0.2, -0.15) is 0 Å². The molecule has 3 aliphatic rings. The van der Waals surface area contributed by atoms with Crippen molar-refractivity contribution in [1.82, 2.24) is 4.90 Å². The van der Waals surface area contributed by atoms with E-state index in [9.17, 15) is 22.4 Å². The second-order valence-electron chi connectivity index (χ2n) is 9.61. The maximum Gasteiger partial charge on any atom is 0.573 e. The Morgan fingerprint density at radius 2 is 1.69 bits per heavy atom. The number of alkyl halides is 3. The topological polar surface area (TPSA) is 64.8 Å². The number of halogens is 5. The summed E-state index contributed by atoms with van der Waals surface area (Å²) in [5.41, 5.74) is 7.16. The lowest BCUT2D eigenvalue weighted by molar-refractivity contribution is -0.274. The number of rotatable bonds is 7. The number of nitrogens with two attached hydrogens (primary N) is 1. The van der Waals surface area contributed by atoms with Gasteiger partial charge in [0.2, 0.25) is 0 Å². The molecule has 10 heteroatoms. The fourth-order valence-corrected chi connectivity index (χ4v) is 5.71. The SMILES string of the molecule is NC(=O)c1cc(C2CC2)c(CN2[C@@H]3CC[C@H]2C[C@@H](Oc2cc(Cl)cc(OC(F)(F)F)c2)C3)cc1F. The van der Waals surface area contributed by atoms with Crippen LogP contribution in [0.3, 0.4) is 0 Å². The van der Waals surface area contributed by atoms with E-state index < -0.39 is 23.8 Å². The van der Waals surface area contributed by atoms with Gasteiger partial charge in [0.05, 0.1) is 5.56 Å². The molecule has 2 N–H and O–H groups in total. The molecule has 2 bridgehead atoms. The fourth-order valence-electron chi connectivity index (χ4n) is 5.50. The molecule has 1 amide bonds. The molecular formula is C25H25ClF4N2O3.